The Morgan fingerprint density at radius 3 is 2.84 bits per heavy atom. The van der Waals surface area contributed by atoms with Crippen LogP contribution in [0.5, 0.6) is 0 Å². The fourth-order valence-corrected chi connectivity index (χ4v) is 2.17. The van der Waals surface area contributed by atoms with Gasteiger partial charge in [0.2, 0.25) is 0 Å². The molecule has 0 bridgehead atoms. The minimum atomic E-state index is 0.785. The molecule has 0 spiro atoms. The Labute approximate surface area is 121 Å². The van der Waals surface area contributed by atoms with E-state index in [2.05, 4.69) is 30.3 Å². The molecule has 0 aliphatic carbocycles. The first-order chi connectivity index (χ1) is 9.19. The van der Waals surface area contributed by atoms with Crippen molar-refractivity contribution in [3.63, 3.8) is 0 Å². The second-order valence-electron chi connectivity index (χ2n) is 4.72. The van der Waals surface area contributed by atoms with Crippen LogP contribution in [-0.4, -0.2) is 33.9 Å². The lowest BCUT2D eigenvalue weighted by Crippen LogP contribution is -2.23. The Morgan fingerprint density at radius 2 is 2.16 bits per heavy atom. The van der Waals surface area contributed by atoms with Gasteiger partial charge in [0, 0.05) is 44.6 Å². The summed E-state index contributed by atoms with van der Waals surface area (Å²) in [5.41, 5.74) is 2.49. The molecule has 0 saturated carbocycles. The Kier molecular flexibility index (Phi) is 7.87. The van der Waals surface area contributed by atoms with Gasteiger partial charge in [0.05, 0.1) is 0 Å². The van der Waals surface area contributed by atoms with Gasteiger partial charge in [-0.1, -0.05) is 24.6 Å². The number of anilines is 1. The molecule has 1 aromatic rings. The highest BCUT2D eigenvalue weighted by Gasteiger charge is 2.08. The van der Waals surface area contributed by atoms with Crippen molar-refractivity contribution in [2.45, 2.75) is 26.3 Å². The van der Waals surface area contributed by atoms with E-state index in [0.717, 1.165) is 44.1 Å². The molecule has 0 heterocycles. The van der Waals surface area contributed by atoms with Gasteiger partial charge in [-0.25, -0.2) is 0 Å². The van der Waals surface area contributed by atoms with Gasteiger partial charge >= 0.3 is 0 Å². The summed E-state index contributed by atoms with van der Waals surface area (Å²) >= 11 is 6.11. The van der Waals surface area contributed by atoms with E-state index in [4.69, 9.17) is 16.3 Å². The normalized spacial score (nSPS) is 10.7. The average Bonchev–Trinajstić information content (AvgIpc) is 2.40. The molecule has 0 aliphatic heterocycles. The number of methoxy groups -OCH3 is 1. The summed E-state index contributed by atoms with van der Waals surface area (Å²) in [5, 5.41) is 4.22. The zero-order chi connectivity index (χ0) is 14.1. The number of nitrogens with zero attached hydrogens (tertiary/aromatic N) is 1. The van der Waals surface area contributed by atoms with Crippen molar-refractivity contribution in [2.24, 2.45) is 0 Å². The second-order valence-corrected chi connectivity index (χ2v) is 5.15. The van der Waals surface area contributed by atoms with Crippen LogP contribution in [-0.2, 0) is 11.3 Å². The predicted octanol–water partition coefficient (Wildman–Crippen LogP) is 3.31. The Morgan fingerprint density at radius 1 is 1.37 bits per heavy atom. The molecule has 1 aromatic carbocycles. The van der Waals surface area contributed by atoms with E-state index < -0.39 is 0 Å². The molecule has 0 saturated heterocycles. The third kappa shape index (κ3) is 5.81. The van der Waals surface area contributed by atoms with E-state index in [-0.39, 0.29) is 0 Å². The van der Waals surface area contributed by atoms with Gasteiger partial charge in [0.1, 0.15) is 0 Å². The smallest absolute Gasteiger partial charge is 0.0479 e. The molecular weight excluding hydrogens is 260 g/mol. The lowest BCUT2D eigenvalue weighted by atomic mass is 10.1. The first-order valence-electron chi connectivity index (χ1n) is 6.88. The first kappa shape index (κ1) is 16.3. The van der Waals surface area contributed by atoms with E-state index in [9.17, 15) is 0 Å². The largest absolute Gasteiger partial charge is 0.385 e. The van der Waals surface area contributed by atoms with Gasteiger partial charge < -0.3 is 15.0 Å². The van der Waals surface area contributed by atoms with E-state index in [1.807, 2.05) is 12.1 Å². The second kappa shape index (κ2) is 9.18. The molecule has 0 radical (unpaired) electrons. The molecule has 0 unspecified atom stereocenters. The lowest BCUT2D eigenvalue weighted by molar-refractivity contribution is 0.196. The van der Waals surface area contributed by atoms with E-state index in [1.54, 1.807) is 7.11 Å². The van der Waals surface area contributed by atoms with Crippen LogP contribution in [0.4, 0.5) is 5.69 Å². The van der Waals surface area contributed by atoms with Crippen LogP contribution in [0.25, 0.3) is 0 Å². The molecule has 0 aromatic heterocycles. The van der Waals surface area contributed by atoms with Gasteiger partial charge in [0.25, 0.3) is 0 Å². The quantitative estimate of drug-likeness (QED) is 0.704. The summed E-state index contributed by atoms with van der Waals surface area (Å²) in [4.78, 5) is 2.24. The highest BCUT2D eigenvalue weighted by molar-refractivity contribution is 6.30. The van der Waals surface area contributed by atoms with Crippen molar-refractivity contribution in [1.29, 1.82) is 0 Å². The van der Waals surface area contributed by atoms with Gasteiger partial charge in [-0.05, 0) is 37.1 Å². The standard InChI is InChI=1S/C15H25ClN2O/c1-4-8-17-12-13-6-7-14(16)11-15(13)18(2)9-5-10-19-3/h6-7,11,17H,4-5,8-10,12H2,1-3H3. The van der Waals surface area contributed by atoms with Crippen molar-refractivity contribution in [1.82, 2.24) is 5.32 Å². The van der Waals surface area contributed by atoms with Crippen LogP contribution >= 0.6 is 11.6 Å². The Balaban J connectivity index is 2.69. The zero-order valence-corrected chi connectivity index (χ0v) is 13.0. The average molecular weight is 285 g/mol. The maximum Gasteiger partial charge on any atom is 0.0479 e. The molecule has 1 rings (SSSR count). The summed E-state index contributed by atoms with van der Waals surface area (Å²) < 4.78 is 5.10. The predicted molar refractivity (Wildman–Crippen MR) is 83.2 cm³/mol. The van der Waals surface area contributed by atoms with Crippen LogP contribution in [0.3, 0.4) is 0 Å². The zero-order valence-electron chi connectivity index (χ0n) is 12.2. The van der Waals surface area contributed by atoms with Crippen LogP contribution in [0.1, 0.15) is 25.3 Å². The molecule has 1 N–H and O–H groups in total. The number of nitrogens with one attached hydrogen (secondary N) is 1. The minimum absolute atomic E-state index is 0.785. The summed E-state index contributed by atoms with van der Waals surface area (Å²) in [7, 11) is 3.84. The third-order valence-electron chi connectivity index (χ3n) is 3.04. The van der Waals surface area contributed by atoms with Gasteiger partial charge in [-0.3, -0.25) is 0 Å². The van der Waals surface area contributed by atoms with E-state index in [1.165, 1.54) is 11.3 Å². The SMILES string of the molecule is CCCNCc1ccc(Cl)cc1N(C)CCCOC. The van der Waals surface area contributed by atoms with Gasteiger partial charge in [-0.15, -0.1) is 0 Å². The van der Waals surface area contributed by atoms with Crippen molar-refractivity contribution in [3.05, 3.63) is 28.8 Å². The van der Waals surface area contributed by atoms with Gasteiger partial charge in [0.15, 0.2) is 0 Å². The molecule has 4 heteroatoms. The number of hydrogen-bond donors (Lipinski definition) is 1. The van der Waals surface area contributed by atoms with Gasteiger partial charge in [-0.2, -0.15) is 0 Å². The summed E-state index contributed by atoms with van der Waals surface area (Å²) in [6.07, 6.45) is 2.16. The Bertz CT molecular complexity index is 371. The van der Waals surface area contributed by atoms with Crippen LogP contribution in [0, 0.1) is 0 Å². The van der Waals surface area contributed by atoms with Crippen LogP contribution in [0.2, 0.25) is 5.02 Å². The van der Waals surface area contributed by atoms with Crippen molar-refractivity contribution < 1.29 is 4.74 Å². The Hall–Kier alpha value is -0.770. The molecule has 3 nitrogen and oxygen atoms in total. The highest BCUT2D eigenvalue weighted by atomic mass is 35.5. The molecule has 19 heavy (non-hydrogen) atoms. The van der Waals surface area contributed by atoms with Crippen molar-refractivity contribution >= 4 is 17.3 Å². The first-order valence-corrected chi connectivity index (χ1v) is 7.26. The fourth-order valence-electron chi connectivity index (χ4n) is 2.01. The number of hydrogen-bond acceptors (Lipinski definition) is 3. The molecule has 108 valence electrons. The minimum Gasteiger partial charge on any atom is -0.385 e. The highest BCUT2D eigenvalue weighted by Crippen LogP contribution is 2.24. The van der Waals surface area contributed by atoms with Crippen LogP contribution < -0.4 is 10.2 Å². The monoisotopic (exact) mass is 284 g/mol. The van der Waals surface area contributed by atoms with Crippen molar-refractivity contribution in [2.75, 3.05) is 38.8 Å². The molecule has 0 fully saturated rings. The topological polar surface area (TPSA) is 24.5 Å². The maximum absolute atomic E-state index is 6.11. The summed E-state index contributed by atoms with van der Waals surface area (Å²) in [6.45, 7) is 5.85. The molecular formula is C15H25ClN2O. The van der Waals surface area contributed by atoms with Crippen molar-refractivity contribution in [3.8, 4) is 0 Å². The third-order valence-corrected chi connectivity index (χ3v) is 3.28. The molecule has 0 amide bonds. The van der Waals surface area contributed by atoms with Crippen LogP contribution in [0.15, 0.2) is 18.2 Å². The molecule has 0 aliphatic rings. The number of benzene rings is 1. The summed E-state index contributed by atoms with van der Waals surface area (Å²) in [6, 6.07) is 6.10. The number of ether oxygens (including phenoxy) is 1. The number of halogens is 1. The summed E-state index contributed by atoms with van der Waals surface area (Å²) in [5.74, 6) is 0. The fraction of sp³-hybridized carbons (Fsp3) is 0.600. The number of rotatable bonds is 9. The molecule has 0 atom stereocenters. The van der Waals surface area contributed by atoms with E-state index in [0.29, 0.717) is 0 Å². The maximum atomic E-state index is 6.11. The van der Waals surface area contributed by atoms with E-state index >= 15 is 0 Å². The lowest BCUT2D eigenvalue weighted by Gasteiger charge is -2.23.